The number of esters is 2. The number of aromatic nitrogens is 1. The van der Waals surface area contributed by atoms with Gasteiger partial charge in [0.2, 0.25) is 0 Å². The molecule has 1 fully saturated rings. The first-order valence-corrected chi connectivity index (χ1v) is 6.11. The Morgan fingerprint density at radius 3 is 2.68 bits per heavy atom. The van der Waals surface area contributed by atoms with Crippen LogP contribution in [0.15, 0.2) is 18.3 Å². The standard InChI is InChI=1S/C13H15NO5/c1-17-11(15)13(12(16)18-2)6-8-7-14-5-3-4-9(14)10(13)19-8/h3-5,8,10H,6-7H2,1-2H3/t8-,10-/m0/s1. The Balaban J connectivity index is 2.12. The molecule has 0 spiro atoms. The van der Waals surface area contributed by atoms with Crippen molar-refractivity contribution in [3.05, 3.63) is 24.0 Å². The van der Waals surface area contributed by atoms with Crippen LogP contribution in [0.5, 0.6) is 0 Å². The summed E-state index contributed by atoms with van der Waals surface area (Å²) in [6.07, 6.45) is 1.39. The number of nitrogens with zero attached hydrogens (tertiary/aromatic N) is 1. The number of carbonyl (C=O) groups is 2. The van der Waals surface area contributed by atoms with E-state index in [1.54, 1.807) is 0 Å². The molecule has 2 atom stereocenters. The minimum Gasteiger partial charge on any atom is -0.468 e. The van der Waals surface area contributed by atoms with E-state index in [0.717, 1.165) is 5.69 Å². The minimum absolute atomic E-state index is 0.178. The molecule has 0 aromatic carbocycles. The van der Waals surface area contributed by atoms with E-state index >= 15 is 0 Å². The molecule has 0 radical (unpaired) electrons. The SMILES string of the molecule is COC(=O)C1(C(=O)OC)C[C@H]2Cn3cccc3[C@@H]1O2. The van der Waals surface area contributed by atoms with Gasteiger partial charge in [0.1, 0.15) is 6.10 Å². The number of fused-ring (bicyclic) bond motifs is 4. The summed E-state index contributed by atoms with van der Waals surface area (Å²) in [6, 6.07) is 3.73. The second-order valence-corrected chi connectivity index (χ2v) is 4.88. The van der Waals surface area contributed by atoms with E-state index in [4.69, 9.17) is 14.2 Å². The summed E-state index contributed by atoms with van der Waals surface area (Å²) in [6.45, 7) is 0.634. The molecular weight excluding hydrogens is 250 g/mol. The Hall–Kier alpha value is -1.82. The highest BCUT2D eigenvalue weighted by atomic mass is 16.6. The van der Waals surface area contributed by atoms with E-state index in [2.05, 4.69) is 0 Å². The summed E-state index contributed by atoms with van der Waals surface area (Å²) in [5.41, 5.74) is -0.578. The second kappa shape index (κ2) is 4.09. The van der Waals surface area contributed by atoms with Crippen LogP contribution in [0.3, 0.4) is 0 Å². The molecule has 1 aromatic heterocycles. The zero-order chi connectivity index (χ0) is 13.6. The highest BCUT2D eigenvalue weighted by molar-refractivity contribution is 6.01. The highest BCUT2D eigenvalue weighted by Gasteiger charge is 2.64. The van der Waals surface area contributed by atoms with Gasteiger partial charge in [0.25, 0.3) is 0 Å². The Morgan fingerprint density at radius 1 is 1.37 bits per heavy atom. The third-order valence-electron chi connectivity index (χ3n) is 3.96. The van der Waals surface area contributed by atoms with Crippen molar-refractivity contribution in [2.75, 3.05) is 14.2 Å². The maximum atomic E-state index is 12.2. The van der Waals surface area contributed by atoms with Gasteiger partial charge in [-0.25, -0.2) is 0 Å². The molecule has 2 aliphatic heterocycles. The molecule has 2 aliphatic rings. The fourth-order valence-corrected chi connectivity index (χ4v) is 3.13. The summed E-state index contributed by atoms with van der Waals surface area (Å²) in [5.74, 6) is -1.19. The number of rotatable bonds is 2. The van der Waals surface area contributed by atoms with E-state index < -0.39 is 23.5 Å². The second-order valence-electron chi connectivity index (χ2n) is 4.88. The minimum atomic E-state index is -1.39. The number of hydrogen-bond donors (Lipinski definition) is 0. The van der Waals surface area contributed by atoms with E-state index in [-0.39, 0.29) is 6.10 Å². The number of hydrogen-bond acceptors (Lipinski definition) is 5. The quantitative estimate of drug-likeness (QED) is 0.580. The van der Waals surface area contributed by atoms with Gasteiger partial charge >= 0.3 is 11.9 Å². The molecule has 3 rings (SSSR count). The number of methoxy groups -OCH3 is 2. The van der Waals surface area contributed by atoms with Gasteiger partial charge in [-0.05, 0) is 12.1 Å². The molecule has 1 aromatic rings. The molecule has 0 N–H and O–H groups in total. The molecule has 6 nitrogen and oxygen atoms in total. The van der Waals surface area contributed by atoms with Crippen molar-refractivity contribution in [1.29, 1.82) is 0 Å². The van der Waals surface area contributed by atoms with Gasteiger partial charge in [0.15, 0.2) is 5.41 Å². The van der Waals surface area contributed by atoms with Crippen LogP contribution < -0.4 is 0 Å². The van der Waals surface area contributed by atoms with Crippen molar-refractivity contribution in [2.24, 2.45) is 5.41 Å². The zero-order valence-electron chi connectivity index (χ0n) is 10.8. The van der Waals surface area contributed by atoms with Gasteiger partial charge in [-0.2, -0.15) is 0 Å². The predicted molar refractivity (Wildman–Crippen MR) is 63.1 cm³/mol. The van der Waals surface area contributed by atoms with Crippen molar-refractivity contribution in [1.82, 2.24) is 4.57 Å². The molecule has 0 amide bonds. The first kappa shape index (κ1) is 12.2. The lowest BCUT2D eigenvalue weighted by molar-refractivity contribution is -0.174. The maximum Gasteiger partial charge on any atom is 0.326 e. The van der Waals surface area contributed by atoms with Crippen LogP contribution in [0.25, 0.3) is 0 Å². The van der Waals surface area contributed by atoms with Crippen LogP contribution in [0, 0.1) is 5.41 Å². The van der Waals surface area contributed by atoms with Crippen molar-refractivity contribution in [3.63, 3.8) is 0 Å². The number of carbonyl (C=O) groups excluding carboxylic acids is 2. The van der Waals surface area contributed by atoms with Gasteiger partial charge < -0.3 is 18.8 Å². The lowest BCUT2D eigenvalue weighted by atomic mass is 9.79. The van der Waals surface area contributed by atoms with Crippen LogP contribution in [0.1, 0.15) is 18.2 Å². The summed E-state index contributed by atoms with van der Waals surface area (Å²) in [7, 11) is 2.54. The predicted octanol–water partition coefficient (Wildman–Crippen LogP) is 0.664. The summed E-state index contributed by atoms with van der Waals surface area (Å²) in [4.78, 5) is 24.4. The molecule has 3 heterocycles. The smallest absolute Gasteiger partial charge is 0.326 e. The van der Waals surface area contributed by atoms with Gasteiger partial charge in [0, 0.05) is 24.9 Å². The largest absolute Gasteiger partial charge is 0.468 e. The molecule has 0 unspecified atom stereocenters. The molecule has 2 bridgehead atoms. The Kier molecular flexibility index (Phi) is 2.63. The van der Waals surface area contributed by atoms with E-state index in [0.29, 0.717) is 13.0 Å². The normalized spacial score (nSPS) is 26.6. The van der Waals surface area contributed by atoms with Gasteiger partial charge in [-0.15, -0.1) is 0 Å². The molecule has 19 heavy (non-hydrogen) atoms. The Labute approximate surface area is 110 Å². The average molecular weight is 265 g/mol. The van der Waals surface area contributed by atoms with Crippen molar-refractivity contribution in [2.45, 2.75) is 25.2 Å². The third-order valence-corrected chi connectivity index (χ3v) is 3.96. The van der Waals surface area contributed by atoms with Crippen molar-refractivity contribution >= 4 is 11.9 Å². The molecule has 0 aliphatic carbocycles. The average Bonchev–Trinajstić information content (AvgIpc) is 3.01. The van der Waals surface area contributed by atoms with Gasteiger partial charge in [0.05, 0.1) is 20.3 Å². The van der Waals surface area contributed by atoms with Crippen molar-refractivity contribution < 1.29 is 23.8 Å². The summed E-state index contributed by atoms with van der Waals surface area (Å²) >= 11 is 0. The van der Waals surface area contributed by atoms with Gasteiger partial charge in [-0.3, -0.25) is 9.59 Å². The van der Waals surface area contributed by atoms with Crippen LogP contribution in [-0.2, 0) is 30.3 Å². The molecule has 1 saturated heterocycles. The van der Waals surface area contributed by atoms with E-state index in [9.17, 15) is 9.59 Å². The monoisotopic (exact) mass is 265 g/mol. The molecule has 102 valence electrons. The molecule has 0 saturated carbocycles. The van der Waals surface area contributed by atoms with Crippen LogP contribution in [0.4, 0.5) is 0 Å². The Morgan fingerprint density at radius 2 is 2.05 bits per heavy atom. The van der Waals surface area contributed by atoms with Crippen LogP contribution in [0.2, 0.25) is 0 Å². The van der Waals surface area contributed by atoms with Crippen molar-refractivity contribution in [3.8, 4) is 0 Å². The molecule has 6 heteroatoms. The Bertz CT molecular complexity index is 519. The first-order valence-electron chi connectivity index (χ1n) is 6.11. The van der Waals surface area contributed by atoms with E-state index in [1.165, 1.54) is 14.2 Å². The topological polar surface area (TPSA) is 66.8 Å². The lowest BCUT2D eigenvalue weighted by Crippen LogP contribution is -2.43. The van der Waals surface area contributed by atoms with E-state index in [1.807, 2.05) is 22.9 Å². The zero-order valence-corrected chi connectivity index (χ0v) is 10.8. The fraction of sp³-hybridized carbons (Fsp3) is 0.538. The fourth-order valence-electron chi connectivity index (χ4n) is 3.13. The summed E-state index contributed by atoms with van der Waals surface area (Å²) in [5, 5.41) is 0. The maximum absolute atomic E-state index is 12.2. The summed E-state index contributed by atoms with van der Waals surface area (Å²) < 4.78 is 17.5. The first-order chi connectivity index (χ1) is 9.13. The van der Waals surface area contributed by atoms with Crippen LogP contribution >= 0.6 is 0 Å². The van der Waals surface area contributed by atoms with Gasteiger partial charge in [-0.1, -0.05) is 0 Å². The molecular formula is C13H15NO5. The third kappa shape index (κ3) is 1.46. The number of ether oxygens (including phenoxy) is 3. The van der Waals surface area contributed by atoms with Crippen LogP contribution in [-0.4, -0.2) is 36.8 Å². The highest BCUT2D eigenvalue weighted by Crippen LogP contribution is 2.52. The lowest BCUT2D eigenvalue weighted by Gasteiger charge is -2.29.